The van der Waals surface area contributed by atoms with Crippen LogP contribution in [0.2, 0.25) is 0 Å². The van der Waals surface area contributed by atoms with Crippen molar-refractivity contribution in [2.75, 3.05) is 33.2 Å². The van der Waals surface area contributed by atoms with E-state index in [4.69, 9.17) is 0 Å². The lowest BCUT2D eigenvalue weighted by molar-refractivity contribution is 0.194. The number of fused-ring (bicyclic) bond motifs is 1. The molecule has 2 aliphatic heterocycles. The second-order valence-electron chi connectivity index (χ2n) is 6.60. The SMILES string of the molecule is CCN1CCCC1CN(C)Cc1cccc2c1CCNC2. The standard InChI is InChI=1S/C18H29N3/c1-3-21-11-5-8-17(21)14-20(2)13-16-7-4-6-15-12-19-10-9-18(15)16/h4,6-7,17,19H,3,5,8-14H2,1-2H3. The summed E-state index contributed by atoms with van der Waals surface area (Å²) in [5.74, 6) is 0. The summed E-state index contributed by atoms with van der Waals surface area (Å²) in [5.41, 5.74) is 4.64. The van der Waals surface area contributed by atoms with Crippen LogP contribution in [0.15, 0.2) is 18.2 Å². The van der Waals surface area contributed by atoms with Gasteiger partial charge in [0.15, 0.2) is 0 Å². The number of nitrogens with zero attached hydrogens (tertiary/aromatic N) is 2. The van der Waals surface area contributed by atoms with Gasteiger partial charge in [-0.15, -0.1) is 0 Å². The molecule has 0 saturated carbocycles. The van der Waals surface area contributed by atoms with Crippen molar-refractivity contribution in [3.8, 4) is 0 Å². The zero-order valence-electron chi connectivity index (χ0n) is 13.6. The summed E-state index contributed by atoms with van der Waals surface area (Å²) in [5, 5.41) is 3.47. The number of rotatable bonds is 5. The van der Waals surface area contributed by atoms with E-state index >= 15 is 0 Å². The Balaban J connectivity index is 1.63. The number of hydrogen-bond donors (Lipinski definition) is 1. The molecular weight excluding hydrogens is 258 g/mol. The van der Waals surface area contributed by atoms with Crippen molar-refractivity contribution in [2.24, 2.45) is 0 Å². The number of hydrogen-bond acceptors (Lipinski definition) is 3. The highest BCUT2D eigenvalue weighted by Crippen LogP contribution is 2.22. The van der Waals surface area contributed by atoms with E-state index in [1.54, 1.807) is 5.56 Å². The van der Waals surface area contributed by atoms with Gasteiger partial charge in [0.1, 0.15) is 0 Å². The Hall–Kier alpha value is -0.900. The van der Waals surface area contributed by atoms with E-state index in [0.717, 1.165) is 25.7 Å². The molecule has 1 atom stereocenters. The average molecular weight is 287 g/mol. The second-order valence-corrected chi connectivity index (χ2v) is 6.60. The van der Waals surface area contributed by atoms with Crippen LogP contribution in [0.25, 0.3) is 0 Å². The van der Waals surface area contributed by atoms with Crippen molar-refractivity contribution < 1.29 is 0 Å². The predicted octanol–water partition coefficient (Wildman–Crippen LogP) is 2.25. The summed E-state index contributed by atoms with van der Waals surface area (Å²) in [4.78, 5) is 5.16. The van der Waals surface area contributed by atoms with Crippen molar-refractivity contribution in [1.82, 2.24) is 15.1 Å². The van der Waals surface area contributed by atoms with Crippen molar-refractivity contribution >= 4 is 0 Å². The fraction of sp³-hybridized carbons (Fsp3) is 0.667. The molecule has 2 heterocycles. The van der Waals surface area contributed by atoms with Crippen LogP contribution in [0.3, 0.4) is 0 Å². The van der Waals surface area contributed by atoms with Gasteiger partial charge >= 0.3 is 0 Å². The summed E-state index contributed by atoms with van der Waals surface area (Å²) in [6.07, 6.45) is 3.93. The van der Waals surface area contributed by atoms with Crippen LogP contribution in [0.5, 0.6) is 0 Å². The summed E-state index contributed by atoms with van der Waals surface area (Å²) < 4.78 is 0. The Morgan fingerprint density at radius 2 is 2.29 bits per heavy atom. The quantitative estimate of drug-likeness (QED) is 0.896. The Bertz CT molecular complexity index is 472. The average Bonchev–Trinajstić information content (AvgIpc) is 2.94. The van der Waals surface area contributed by atoms with Gasteiger partial charge in [0.2, 0.25) is 0 Å². The lowest BCUT2D eigenvalue weighted by Gasteiger charge is -2.29. The monoisotopic (exact) mass is 287 g/mol. The first-order chi connectivity index (χ1) is 10.3. The summed E-state index contributed by atoms with van der Waals surface area (Å²) in [7, 11) is 2.28. The third kappa shape index (κ3) is 3.47. The van der Waals surface area contributed by atoms with Gasteiger partial charge in [0, 0.05) is 25.7 Å². The summed E-state index contributed by atoms with van der Waals surface area (Å²) >= 11 is 0. The zero-order valence-corrected chi connectivity index (χ0v) is 13.6. The van der Waals surface area contributed by atoms with E-state index in [1.165, 1.54) is 50.0 Å². The number of nitrogens with one attached hydrogen (secondary N) is 1. The van der Waals surface area contributed by atoms with E-state index in [1.807, 2.05) is 0 Å². The van der Waals surface area contributed by atoms with Gasteiger partial charge in [-0.1, -0.05) is 25.1 Å². The highest BCUT2D eigenvalue weighted by molar-refractivity contribution is 5.37. The van der Waals surface area contributed by atoms with Gasteiger partial charge in [-0.05, 0) is 62.6 Å². The van der Waals surface area contributed by atoms with E-state index in [9.17, 15) is 0 Å². The third-order valence-corrected chi connectivity index (χ3v) is 5.11. The lowest BCUT2D eigenvalue weighted by Crippen LogP contribution is -2.38. The molecule has 0 amide bonds. The molecule has 0 spiro atoms. The van der Waals surface area contributed by atoms with Crippen molar-refractivity contribution in [2.45, 2.75) is 45.3 Å². The van der Waals surface area contributed by atoms with E-state index in [0.29, 0.717) is 0 Å². The predicted molar refractivity (Wildman–Crippen MR) is 88.5 cm³/mol. The molecule has 3 nitrogen and oxygen atoms in total. The summed E-state index contributed by atoms with van der Waals surface area (Å²) in [6.45, 7) is 9.25. The Morgan fingerprint density at radius 3 is 3.14 bits per heavy atom. The Kier molecular flexibility index (Phi) is 4.94. The minimum absolute atomic E-state index is 0.765. The molecule has 1 unspecified atom stereocenters. The number of likely N-dealkylation sites (N-methyl/N-ethyl adjacent to an activating group) is 2. The fourth-order valence-corrected chi connectivity index (χ4v) is 3.99. The van der Waals surface area contributed by atoms with Gasteiger partial charge in [0.25, 0.3) is 0 Å². The molecule has 1 aromatic carbocycles. The van der Waals surface area contributed by atoms with Crippen LogP contribution in [0.4, 0.5) is 0 Å². The van der Waals surface area contributed by atoms with E-state index < -0.39 is 0 Å². The van der Waals surface area contributed by atoms with Crippen molar-refractivity contribution in [3.63, 3.8) is 0 Å². The van der Waals surface area contributed by atoms with Crippen LogP contribution < -0.4 is 5.32 Å². The molecule has 0 radical (unpaired) electrons. The highest BCUT2D eigenvalue weighted by Gasteiger charge is 2.24. The maximum Gasteiger partial charge on any atom is 0.0234 e. The fourth-order valence-electron chi connectivity index (χ4n) is 3.99. The smallest absolute Gasteiger partial charge is 0.0234 e. The van der Waals surface area contributed by atoms with E-state index in [2.05, 4.69) is 47.3 Å². The first-order valence-electron chi connectivity index (χ1n) is 8.51. The molecule has 0 aliphatic carbocycles. The molecule has 1 fully saturated rings. The topological polar surface area (TPSA) is 18.5 Å². The van der Waals surface area contributed by atoms with Crippen LogP contribution in [0, 0.1) is 0 Å². The normalized spacial score (nSPS) is 22.7. The zero-order chi connectivity index (χ0) is 14.7. The second kappa shape index (κ2) is 6.91. The molecule has 116 valence electrons. The molecule has 1 saturated heterocycles. The first-order valence-corrected chi connectivity index (χ1v) is 8.51. The van der Waals surface area contributed by atoms with Gasteiger partial charge in [0.05, 0.1) is 0 Å². The maximum atomic E-state index is 3.47. The highest BCUT2D eigenvalue weighted by atomic mass is 15.2. The largest absolute Gasteiger partial charge is 0.312 e. The molecule has 3 heteroatoms. The molecule has 2 aliphatic rings. The third-order valence-electron chi connectivity index (χ3n) is 5.11. The van der Waals surface area contributed by atoms with Gasteiger partial charge in [-0.2, -0.15) is 0 Å². The van der Waals surface area contributed by atoms with Crippen LogP contribution in [-0.2, 0) is 19.5 Å². The van der Waals surface area contributed by atoms with Crippen LogP contribution in [-0.4, -0.2) is 49.1 Å². The number of benzene rings is 1. The minimum Gasteiger partial charge on any atom is -0.312 e. The molecule has 0 bridgehead atoms. The Morgan fingerprint density at radius 1 is 1.38 bits per heavy atom. The lowest BCUT2D eigenvalue weighted by atomic mass is 9.95. The minimum atomic E-state index is 0.765. The molecule has 1 N–H and O–H groups in total. The van der Waals surface area contributed by atoms with Crippen LogP contribution >= 0.6 is 0 Å². The Labute approximate surface area is 129 Å². The van der Waals surface area contributed by atoms with Gasteiger partial charge in [-0.25, -0.2) is 0 Å². The van der Waals surface area contributed by atoms with Gasteiger partial charge < -0.3 is 10.2 Å². The van der Waals surface area contributed by atoms with Gasteiger partial charge in [-0.3, -0.25) is 4.90 Å². The van der Waals surface area contributed by atoms with Crippen molar-refractivity contribution in [3.05, 3.63) is 34.9 Å². The van der Waals surface area contributed by atoms with E-state index in [-0.39, 0.29) is 0 Å². The molecule has 21 heavy (non-hydrogen) atoms. The molecule has 1 aromatic rings. The van der Waals surface area contributed by atoms with Crippen molar-refractivity contribution in [1.29, 1.82) is 0 Å². The summed E-state index contributed by atoms with van der Waals surface area (Å²) in [6, 6.07) is 7.59. The molecule has 3 rings (SSSR count). The van der Waals surface area contributed by atoms with Crippen LogP contribution in [0.1, 0.15) is 36.5 Å². The first kappa shape index (κ1) is 15.0. The number of likely N-dealkylation sites (tertiary alicyclic amines) is 1. The maximum absolute atomic E-state index is 3.47. The molecule has 0 aromatic heterocycles. The molecular formula is C18H29N3.